The molecule has 6 aromatic rings. The first-order valence-corrected chi connectivity index (χ1v) is 22.0. The van der Waals surface area contributed by atoms with Crippen LogP contribution < -0.4 is 4.90 Å². The average Bonchev–Trinajstić information content (AvgIpc) is 3.76. The minimum absolute atomic E-state index is 0.0744. The lowest BCUT2D eigenvalue weighted by molar-refractivity contribution is -0.0399. The molecule has 4 bridgehead atoms. The van der Waals surface area contributed by atoms with Crippen molar-refractivity contribution in [3.63, 3.8) is 0 Å². The van der Waals surface area contributed by atoms with Gasteiger partial charge in [-0.3, -0.25) is 0 Å². The van der Waals surface area contributed by atoms with E-state index in [0.29, 0.717) is 0 Å². The Morgan fingerprint density at radius 2 is 0.982 bits per heavy atom. The Bertz CT molecular complexity index is 2600. The molecular weight excluding hydrogens is 675 g/mol. The van der Waals surface area contributed by atoms with Gasteiger partial charge in [0.05, 0.1) is 5.69 Å². The van der Waals surface area contributed by atoms with Crippen molar-refractivity contribution in [1.29, 1.82) is 0 Å². The molecular formula is C55H51N. The van der Waals surface area contributed by atoms with E-state index in [4.69, 9.17) is 0 Å². The molecule has 56 heavy (non-hydrogen) atoms. The van der Waals surface area contributed by atoms with Gasteiger partial charge in [-0.2, -0.15) is 0 Å². The molecule has 0 heterocycles. The predicted molar refractivity (Wildman–Crippen MR) is 231 cm³/mol. The number of fused-ring (bicyclic) bond motifs is 11. The highest BCUT2D eigenvalue weighted by Crippen LogP contribution is 2.70. The van der Waals surface area contributed by atoms with Gasteiger partial charge >= 0.3 is 0 Å². The summed E-state index contributed by atoms with van der Waals surface area (Å²) in [6.07, 6.45) is 13.5. The Hall–Kier alpha value is -4.88. The Kier molecular flexibility index (Phi) is 6.42. The first-order valence-electron chi connectivity index (χ1n) is 22.0. The molecule has 1 heteroatoms. The highest BCUT2D eigenvalue weighted by atomic mass is 15.1. The van der Waals surface area contributed by atoms with Gasteiger partial charge in [-0.25, -0.2) is 0 Å². The molecule has 0 saturated heterocycles. The van der Waals surface area contributed by atoms with Crippen molar-refractivity contribution < 1.29 is 0 Å². The second-order valence-corrected chi connectivity index (χ2v) is 19.6. The van der Waals surface area contributed by atoms with Crippen molar-refractivity contribution in [2.24, 2.45) is 23.7 Å². The van der Waals surface area contributed by atoms with Crippen LogP contribution >= 0.6 is 0 Å². The molecule has 1 nitrogen and oxygen atoms in total. The minimum Gasteiger partial charge on any atom is -0.310 e. The fourth-order valence-corrected chi connectivity index (χ4v) is 14.9. The van der Waals surface area contributed by atoms with E-state index in [1.165, 1.54) is 126 Å². The summed E-state index contributed by atoms with van der Waals surface area (Å²) in [5.41, 5.74) is 22.0. The van der Waals surface area contributed by atoms with Crippen molar-refractivity contribution in [3.8, 4) is 33.4 Å². The highest BCUT2D eigenvalue weighted by Gasteiger charge is 2.61. The molecule has 2 spiro atoms. The van der Waals surface area contributed by atoms with Crippen molar-refractivity contribution >= 4 is 17.1 Å². The zero-order valence-electron chi connectivity index (χ0n) is 33.0. The Labute approximate surface area is 332 Å². The van der Waals surface area contributed by atoms with Crippen LogP contribution in [0.3, 0.4) is 0 Å². The normalized spacial score (nSPS) is 27.1. The van der Waals surface area contributed by atoms with E-state index in [0.717, 1.165) is 23.7 Å². The van der Waals surface area contributed by atoms with E-state index in [1.807, 2.05) is 0 Å². The SMILES string of the molecule is CC1(C)c2ccccc2-c2ccc(N(c3ccc4c(c3)C3(c5ccccc5-4)C4CC5CC(C4)CC3C5)c3cccc4c3-c3ccccc3C43CCCCC3)cc21. The van der Waals surface area contributed by atoms with Gasteiger partial charge in [0.1, 0.15) is 0 Å². The van der Waals surface area contributed by atoms with E-state index in [9.17, 15) is 0 Å². The zero-order chi connectivity index (χ0) is 37.0. The third-order valence-corrected chi connectivity index (χ3v) is 16.8. The number of rotatable bonds is 3. The molecule has 8 aliphatic rings. The Morgan fingerprint density at radius 3 is 1.68 bits per heavy atom. The average molecular weight is 726 g/mol. The molecule has 0 N–H and O–H groups in total. The highest BCUT2D eigenvalue weighted by molar-refractivity contribution is 5.97. The smallest absolute Gasteiger partial charge is 0.0543 e. The van der Waals surface area contributed by atoms with Gasteiger partial charge in [0.2, 0.25) is 0 Å². The second kappa shape index (κ2) is 11.2. The van der Waals surface area contributed by atoms with Crippen LogP contribution in [0.4, 0.5) is 17.1 Å². The van der Waals surface area contributed by atoms with Gasteiger partial charge in [-0.15, -0.1) is 0 Å². The van der Waals surface area contributed by atoms with Crippen LogP contribution in [0, 0.1) is 23.7 Å². The van der Waals surface area contributed by atoms with Gasteiger partial charge in [0.25, 0.3) is 0 Å². The summed E-state index contributed by atoms with van der Waals surface area (Å²) in [4.78, 5) is 2.70. The predicted octanol–water partition coefficient (Wildman–Crippen LogP) is 14.4. The summed E-state index contributed by atoms with van der Waals surface area (Å²) < 4.78 is 0. The Balaban J connectivity index is 1.07. The standard InChI is InChI=1S/C55H51N/c1-53(2)45-16-7-4-13-40(45)42-23-21-38(32-49(42)53)56(51-20-12-19-48-52(51)44-15-6-8-17-46(44)54(48)25-10-3-11-26-54)39-22-24-43-41-14-5-9-18-47(41)55(50(43)33-39)36-28-34-27-35(30-36)31-37(55)29-34/h4-9,12-24,32-37H,3,10-11,25-31H2,1-2H3. The third-order valence-electron chi connectivity index (χ3n) is 16.8. The molecule has 276 valence electrons. The molecule has 0 atom stereocenters. The molecule has 0 unspecified atom stereocenters. The largest absolute Gasteiger partial charge is 0.310 e. The van der Waals surface area contributed by atoms with Crippen LogP contribution in [-0.2, 0) is 16.2 Å². The molecule has 8 aliphatic carbocycles. The van der Waals surface area contributed by atoms with E-state index in [-0.39, 0.29) is 16.2 Å². The summed E-state index contributed by atoms with van der Waals surface area (Å²) in [5, 5.41) is 0. The van der Waals surface area contributed by atoms with Gasteiger partial charge in [-0.05, 0) is 160 Å². The van der Waals surface area contributed by atoms with Crippen molar-refractivity contribution in [3.05, 3.63) is 161 Å². The molecule has 14 rings (SSSR count). The summed E-state index contributed by atoms with van der Waals surface area (Å²) >= 11 is 0. The van der Waals surface area contributed by atoms with Crippen LogP contribution in [0.2, 0.25) is 0 Å². The molecule has 6 aromatic carbocycles. The first kappa shape index (κ1) is 32.2. The fourth-order valence-electron chi connectivity index (χ4n) is 14.9. The molecule has 0 amide bonds. The fraction of sp³-hybridized carbons (Fsp3) is 0.345. The quantitative estimate of drug-likeness (QED) is 0.176. The molecule has 0 radical (unpaired) electrons. The van der Waals surface area contributed by atoms with E-state index < -0.39 is 0 Å². The maximum absolute atomic E-state index is 2.71. The van der Waals surface area contributed by atoms with Crippen LogP contribution in [0.25, 0.3) is 33.4 Å². The lowest BCUT2D eigenvalue weighted by Crippen LogP contribution is -2.55. The number of benzene rings is 6. The van der Waals surface area contributed by atoms with Crippen LogP contribution in [0.15, 0.2) is 127 Å². The van der Waals surface area contributed by atoms with Crippen LogP contribution in [-0.4, -0.2) is 0 Å². The maximum atomic E-state index is 2.71. The third kappa shape index (κ3) is 3.93. The zero-order valence-corrected chi connectivity index (χ0v) is 33.0. The number of nitrogens with zero attached hydrogens (tertiary/aromatic N) is 1. The van der Waals surface area contributed by atoms with Crippen molar-refractivity contribution in [2.45, 2.75) is 94.3 Å². The molecule has 5 saturated carbocycles. The van der Waals surface area contributed by atoms with Gasteiger partial charge in [-0.1, -0.05) is 130 Å². The van der Waals surface area contributed by atoms with Gasteiger partial charge in [0.15, 0.2) is 0 Å². The number of hydrogen-bond donors (Lipinski definition) is 0. The van der Waals surface area contributed by atoms with Gasteiger partial charge in [0, 0.05) is 33.2 Å². The lowest BCUT2D eigenvalue weighted by Gasteiger charge is -2.61. The number of hydrogen-bond acceptors (Lipinski definition) is 1. The topological polar surface area (TPSA) is 3.24 Å². The molecule has 0 aromatic heterocycles. The van der Waals surface area contributed by atoms with E-state index in [2.05, 4.69) is 146 Å². The van der Waals surface area contributed by atoms with E-state index in [1.54, 1.807) is 22.3 Å². The van der Waals surface area contributed by atoms with Crippen molar-refractivity contribution in [2.75, 3.05) is 4.90 Å². The van der Waals surface area contributed by atoms with Gasteiger partial charge < -0.3 is 4.90 Å². The van der Waals surface area contributed by atoms with E-state index >= 15 is 0 Å². The summed E-state index contributed by atoms with van der Waals surface area (Å²) in [5.74, 6) is 3.33. The Morgan fingerprint density at radius 1 is 0.446 bits per heavy atom. The lowest BCUT2D eigenvalue weighted by atomic mass is 9.43. The van der Waals surface area contributed by atoms with Crippen LogP contribution in [0.1, 0.15) is 111 Å². The summed E-state index contributed by atoms with van der Waals surface area (Å²) in [7, 11) is 0. The second-order valence-electron chi connectivity index (χ2n) is 19.6. The minimum atomic E-state index is -0.0744. The number of anilines is 3. The summed E-state index contributed by atoms with van der Waals surface area (Å²) in [6.45, 7) is 4.86. The maximum Gasteiger partial charge on any atom is 0.0543 e. The van der Waals surface area contributed by atoms with Crippen molar-refractivity contribution in [1.82, 2.24) is 0 Å². The first-order chi connectivity index (χ1) is 27.5. The monoisotopic (exact) mass is 725 g/mol. The molecule has 5 fully saturated rings. The summed E-state index contributed by atoms with van der Waals surface area (Å²) in [6, 6.07) is 50.7. The molecule has 0 aliphatic heterocycles. The van der Waals surface area contributed by atoms with Crippen LogP contribution in [0.5, 0.6) is 0 Å².